The second-order valence-electron chi connectivity index (χ2n) is 4.41. The molecule has 2 amide bonds. The zero-order chi connectivity index (χ0) is 14.9. The first-order valence-corrected chi connectivity index (χ1v) is 5.74. The van der Waals surface area contributed by atoms with Crippen LogP contribution in [0.1, 0.15) is 17.2 Å². The van der Waals surface area contributed by atoms with Gasteiger partial charge in [0, 0.05) is 0 Å². The van der Waals surface area contributed by atoms with E-state index in [1.54, 1.807) is 24.3 Å². The Labute approximate surface area is 111 Å². The molecule has 0 spiro atoms. The van der Waals surface area contributed by atoms with E-state index in [0.29, 0.717) is 11.1 Å². The third-order valence-electron chi connectivity index (χ3n) is 3.09. The first kappa shape index (κ1) is 14.2. The van der Waals surface area contributed by atoms with Crippen LogP contribution >= 0.6 is 0 Å². The second-order valence-corrected chi connectivity index (χ2v) is 4.41. The fraction of sp³-hybridized carbons (Fsp3) is 0.333. The van der Waals surface area contributed by atoms with Gasteiger partial charge in [-0.15, -0.1) is 0 Å². The smallest absolute Gasteiger partial charge is 0.465 e. The van der Waals surface area contributed by atoms with E-state index in [1.165, 1.54) is 0 Å². The van der Waals surface area contributed by atoms with Crippen molar-refractivity contribution in [1.29, 1.82) is 0 Å². The Morgan fingerprint density at radius 3 is 2.45 bits per heavy atom. The number of benzene rings is 1. The number of carboxylic acid groups (broad SMARTS) is 1. The maximum atomic E-state index is 12.3. The lowest BCUT2D eigenvalue weighted by atomic mass is 10.1. The van der Waals surface area contributed by atoms with Gasteiger partial charge >= 0.3 is 18.2 Å². The Balaban J connectivity index is 2.22. The van der Waals surface area contributed by atoms with Crippen molar-refractivity contribution in [2.45, 2.75) is 24.7 Å². The molecule has 1 aromatic rings. The zero-order valence-corrected chi connectivity index (χ0v) is 10.1. The van der Waals surface area contributed by atoms with Gasteiger partial charge in [0.15, 0.2) is 0 Å². The number of hydrogen-bond donors (Lipinski definition) is 3. The molecular formula is C12H11F3N2O3. The molecule has 1 aromatic carbocycles. The lowest BCUT2D eigenvalue weighted by Crippen LogP contribution is -2.48. The van der Waals surface area contributed by atoms with Crippen molar-refractivity contribution in [3.8, 4) is 0 Å². The van der Waals surface area contributed by atoms with Gasteiger partial charge in [0.25, 0.3) is 0 Å². The molecule has 8 heteroatoms. The summed E-state index contributed by atoms with van der Waals surface area (Å²) in [6.45, 7) is 0. The molecule has 5 nitrogen and oxygen atoms in total. The summed E-state index contributed by atoms with van der Waals surface area (Å²) in [4.78, 5) is 21.7. The number of nitrogens with one attached hydrogen (secondary N) is 2. The predicted octanol–water partition coefficient (Wildman–Crippen LogP) is 1.60. The van der Waals surface area contributed by atoms with E-state index in [4.69, 9.17) is 5.11 Å². The number of hydrogen-bond acceptors (Lipinski definition) is 2. The van der Waals surface area contributed by atoms with E-state index in [0.717, 1.165) is 0 Å². The molecule has 0 saturated heterocycles. The molecule has 0 aliphatic heterocycles. The molecule has 0 fully saturated rings. The highest BCUT2D eigenvalue weighted by molar-refractivity contribution is 5.82. The number of alkyl halides is 3. The van der Waals surface area contributed by atoms with E-state index in [1.807, 2.05) is 5.32 Å². The molecule has 2 rings (SSSR count). The molecule has 0 unspecified atom stereocenters. The minimum atomic E-state index is -5.00. The number of fused-ring (bicyclic) bond motifs is 1. The molecule has 20 heavy (non-hydrogen) atoms. The Morgan fingerprint density at radius 1 is 1.20 bits per heavy atom. The van der Waals surface area contributed by atoms with Gasteiger partial charge in [-0.05, 0) is 17.5 Å². The molecule has 2 atom stereocenters. The molecular weight excluding hydrogens is 277 g/mol. The summed E-state index contributed by atoms with van der Waals surface area (Å²) in [5, 5.41) is 12.7. The third-order valence-corrected chi connectivity index (χ3v) is 3.09. The summed E-state index contributed by atoms with van der Waals surface area (Å²) in [6, 6.07) is 4.81. The van der Waals surface area contributed by atoms with Gasteiger partial charge in [0.2, 0.25) is 0 Å². The quantitative estimate of drug-likeness (QED) is 0.773. The van der Waals surface area contributed by atoms with Crippen molar-refractivity contribution >= 4 is 12.0 Å². The Kier molecular flexibility index (Phi) is 3.56. The van der Waals surface area contributed by atoms with Crippen LogP contribution in [0, 0.1) is 0 Å². The first-order valence-electron chi connectivity index (χ1n) is 5.74. The van der Waals surface area contributed by atoms with Crippen LogP contribution in [0.2, 0.25) is 0 Å². The monoisotopic (exact) mass is 288 g/mol. The van der Waals surface area contributed by atoms with Gasteiger partial charge in [-0.2, -0.15) is 13.2 Å². The minimum Gasteiger partial charge on any atom is -0.465 e. The highest BCUT2D eigenvalue weighted by atomic mass is 19.4. The number of halogens is 3. The average Bonchev–Trinajstić information content (AvgIpc) is 2.66. The van der Waals surface area contributed by atoms with Gasteiger partial charge < -0.3 is 15.7 Å². The van der Waals surface area contributed by atoms with E-state index < -0.39 is 30.3 Å². The van der Waals surface area contributed by atoms with Gasteiger partial charge in [-0.3, -0.25) is 4.79 Å². The molecule has 0 saturated carbocycles. The number of carbonyl (C=O) groups is 2. The fourth-order valence-electron chi connectivity index (χ4n) is 2.29. The van der Waals surface area contributed by atoms with Gasteiger partial charge in [-0.1, -0.05) is 24.3 Å². The standard InChI is InChI=1S/C12H11F3N2O3/c13-12(14,15)10(18)16-8-5-6-3-1-2-4-7(6)9(8)17-11(19)20/h1-4,8-9,17H,5H2,(H,16,18)(H,19,20)/t8-,9-/m1/s1. The van der Waals surface area contributed by atoms with Gasteiger partial charge in [-0.25, -0.2) is 4.79 Å². The van der Waals surface area contributed by atoms with E-state index >= 15 is 0 Å². The van der Waals surface area contributed by atoms with Crippen molar-refractivity contribution < 1.29 is 27.9 Å². The first-order chi connectivity index (χ1) is 9.29. The Morgan fingerprint density at radius 2 is 1.85 bits per heavy atom. The van der Waals surface area contributed by atoms with E-state index in [2.05, 4.69) is 5.32 Å². The maximum absolute atomic E-state index is 12.3. The predicted molar refractivity (Wildman–Crippen MR) is 62.0 cm³/mol. The Bertz CT molecular complexity index is 545. The van der Waals surface area contributed by atoms with Crippen LogP contribution in [-0.2, 0) is 11.2 Å². The molecule has 0 bridgehead atoms. The molecule has 1 aliphatic carbocycles. The lowest BCUT2D eigenvalue weighted by molar-refractivity contribution is -0.174. The van der Waals surface area contributed by atoms with Crippen LogP contribution in [0.15, 0.2) is 24.3 Å². The zero-order valence-electron chi connectivity index (χ0n) is 10.1. The van der Waals surface area contributed by atoms with Gasteiger partial charge in [0.05, 0.1) is 12.1 Å². The number of rotatable bonds is 2. The van der Waals surface area contributed by atoms with E-state index in [-0.39, 0.29) is 6.42 Å². The third kappa shape index (κ3) is 2.84. The van der Waals surface area contributed by atoms with Crippen LogP contribution in [0.25, 0.3) is 0 Å². The maximum Gasteiger partial charge on any atom is 0.471 e. The van der Waals surface area contributed by atoms with Crippen molar-refractivity contribution in [2.24, 2.45) is 0 Å². The van der Waals surface area contributed by atoms with Crippen LogP contribution in [0.3, 0.4) is 0 Å². The summed E-state index contributed by atoms with van der Waals surface area (Å²) in [6.07, 6.45) is -6.22. The summed E-state index contributed by atoms with van der Waals surface area (Å²) in [7, 11) is 0. The average molecular weight is 288 g/mol. The normalized spacial score (nSPS) is 21.1. The van der Waals surface area contributed by atoms with Crippen molar-refractivity contribution in [2.75, 3.05) is 0 Å². The van der Waals surface area contributed by atoms with Gasteiger partial charge in [0.1, 0.15) is 0 Å². The molecule has 3 N–H and O–H groups in total. The second kappa shape index (κ2) is 5.03. The molecule has 0 heterocycles. The van der Waals surface area contributed by atoms with Crippen LogP contribution in [0.4, 0.5) is 18.0 Å². The summed E-state index contributed by atoms with van der Waals surface area (Å²) in [5.41, 5.74) is 1.28. The van der Waals surface area contributed by atoms with Crippen molar-refractivity contribution in [1.82, 2.24) is 10.6 Å². The minimum absolute atomic E-state index is 0.142. The summed E-state index contributed by atoms with van der Waals surface area (Å²) >= 11 is 0. The highest BCUT2D eigenvalue weighted by Gasteiger charge is 2.43. The SMILES string of the molecule is O=C(O)N[C@@H]1c2ccccc2C[C@H]1NC(=O)C(F)(F)F. The topological polar surface area (TPSA) is 78.4 Å². The van der Waals surface area contributed by atoms with Crippen molar-refractivity contribution in [3.63, 3.8) is 0 Å². The highest BCUT2D eigenvalue weighted by Crippen LogP contribution is 2.32. The summed E-state index contributed by atoms with van der Waals surface area (Å²) < 4.78 is 36.8. The van der Waals surface area contributed by atoms with Crippen LogP contribution < -0.4 is 10.6 Å². The van der Waals surface area contributed by atoms with E-state index in [9.17, 15) is 22.8 Å². The van der Waals surface area contributed by atoms with Crippen molar-refractivity contribution in [3.05, 3.63) is 35.4 Å². The fourth-order valence-corrected chi connectivity index (χ4v) is 2.29. The lowest BCUT2D eigenvalue weighted by Gasteiger charge is -2.22. The number of carbonyl (C=O) groups excluding carboxylic acids is 1. The molecule has 0 radical (unpaired) electrons. The Hall–Kier alpha value is -2.25. The molecule has 0 aromatic heterocycles. The number of amides is 2. The summed E-state index contributed by atoms with van der Waals surface area (Å²) in [5.74, 6) is -2.08. The largest absolute Gasteiger partial charge is 0.471 e. The molecule has 108 valence electrons. The van der Waals surface area contributed by atoms with Crippen LogP contribution in [0.5, 0.6) is 0 Å². The molecule has 1 aliphatic rings. The van der Waals surface area contributed by atoms with Crippen LogP contribution in [-0.4, -0.2) is 29.3 Å².